The lowest BCUT2D eigenvalue weighted by Gasteiger charge is -2.33. The van der Waals surface area contributed by atoms with Gasteiger partial charge >= 0.3 is 12.1 Å². The van der Waals surface area contributed by atoms with Gasteiger partial charge in [-0.1, -0.05) is 33.8 Å². The normalized spacial score (nSPS) is 16.9. The van der Waals surface area contributed by atoms with Crippen LogP contribution in [0.4, 0.5) is 4.79 Å². The molecule has 0 spiro atoms. The summed E-state index contributed by atoms with van der Waals surface area (Å²) in [6.07, 6.45) is 2.60. The molecule has 2 aromatic rings. The zero-order chi connectivity index (χ0) is 40.0. The number of pyridine rings is 1. The summed E-state index contributed by atoms with van der Waals surface area (Å²) in [7, 11) is 3.25. The molecule has 0 saturated carbocycles. The Hall–Kier alpha value is -4.43. The molecule has 4 atom stereocenters. The Bertz CT molecular complexity index is 1550. The predicted molar refractivity (Wildman–Crippen MR) is 202 cm³/mol. The number of primary amides is 1. The van der Waals surface area contributed by atoms with E-state index in [2.05, 4.69) is 24.1 Å². The molecule has 300 valence electrons. The Morgan fingerprint density at radius 1 is 1.02 bits per heavy atom. The van der Waals surface area contributed by atoms with E-state index in [1.165, 1.54) is 4.90 Å². The van der Waals surface area contributed by atoms with Gasteiger partial charge in [0.25, 0.3) is 0 Å². The third kappa shape index (κ3) is 12.6. The number of ether oxygens (including phenoxy) is 6. The van der Waals surface area contributed by atoms with Crippen LogP contribution in [0, 0.1) is 36.0 Å². The standard InChI is InChI=1S/C40H60N4O10/c1-25(2)29(18-28-13-14-33(50-9)35(19-28)51-17-11-16-49-8)20-32-34(21-31(26(3)4)36(45)43-22-40(6,7)38(41)47)52-23-44(32)39(48)54-24-53-37(46)30-12-10-15-42-27(30)5/h10,12-15,19,25-26,29,31-32,34H,11,16-18,20-24H2,1-9H3,(H2,41,47)(H,43,45). The van der Waals surface area contributed by atoms with Gasteiger partial charge in [0.15, 0.2) is 11.5 Å². The molecular formula is C40H60N4O10. The van der Waals surface area contributed by atoms with Crippen LogP contribution in [0.2, 0.25) is 0 Å². The summed E-state index contributed by atoms with van der Waals surface area (Å²) in [6, 6.07) is 8.63. The smallest absolute Gasteiger partial charge is 0.414 e. The number of methoxy groups -OCH3 is 2. The molecule has 14 nitrogen and oxygen atoms in total. The van der Waals surface area contributed by atoms with E-state index in [0.29, 0.717) is 49.7 Å². The number of aryl methyl sites for hydroxylation is 1. The number of carbonyl (C=O) groups is 4. The molecule has 3 amide bonds. The zero-order valence-electron chi connectivity index (χ0n) is 33.3. The highest BCUT2D eigenvalue weighted by atomic mass is 16.7. The molecule has 0 aliphatic carbocycles. The molecular weight excluding hydrogens is 696 g/mol. The number of rotatable bonds is 21. The Morgan fingerprint density at radius 3 is 2.39 bits per heavy atom. The molecule has 0 bridgehead atoms. The highest BCUT2D eigenvalue weighted by Crippen LogP contribution is 2.36. The summed E-state index contributed by atoms with van der Waals surface area (Å²) in [4.78, 5) is 57.4. The van der Waals surface area contributed by atoms with Crippen LogP contribution in [-0.2, 0) is 35.0 Å². The molecule has 54 heavy (non-hydrogen) atoms. The first-order valence-electron chi connectivity index (χ1n) is 18.6. The van der Waals surface area contributed by atoms with Crippen LogP contribution < -0.4 is 20.5 Å². The second kappa shape index (κ2) is 20.9. The summed E-state index contributed by atoms with van der Waals surface area (Å²) >= 11 is 0. The molecule has 0 radical (unpaired) electrons. The van der Waals surface area contributed by atoms with Crippen molar-refractivity contribution in [3.63, 3.8) is 0 Å². The van der Waals surface area contributed by atoms with Gasteiger partial charge < -0.3 is 39.5 Å². The molecule has 3 N–H and O–H groups in total. The van der Waals surface area contributed by atoms with Gasteiger partial charge in [0.1, 0.15) is 6.73 Å². The van der Waals surface area contributed by atoms with Crippen molar-refractivity contribution >= 4 is 23.9 Å². The summed E-state index contributed by atoms with van der Waals surface area (Å²) < 4.78 is 33.8. The van der Waals surface area contributed by atoms with Crippen LogP contribution in [0.15, 0.2) is 36.5 Å². The molecule has 3 rings (SSSR count). The van der Waals surface area contributed by atoms with Gasteiger partial charge in [-0.2, -0.15) is 0 Å². The van der Waals surface area contributed by atoms with Gasteiger partial charge in [0.2, 0.25) is 18.6 Å². The number of amides is 3. The van der Waals surface area contributed by atoms with Gasteiger partial charge in [0, 0.05) is 38.8 Å². The van der Waals surface area contributed by atoms with Gasteiger partial charge in [-0.25, -0.2) is 9.59 Å². The molecule has 2 heterocycles. The number of nitrogens with two attached hydrogens (primary N) is 1. The number of nitrogens with one attached hydrogen (secondary N) is 1. The zero-order valence-corrected chi connectivity index (χ0v) is 33.3. The van der Waals surface area contributed by atoms with E-state index >= 15 is 0 Å². The average molecular weight is 757 g/mol. The molecule has 4 unspecified atom stereocenters. The lowest BCUT2D eigenvalue weighted by atomic mass is 9.80. The summed E-state index contributed by atoms with van der Waals surface area (Å²) in [5.41, 5.74) is 6.42. The third-order valence-electron chi connectivity index (χ3n) is 10.1. The molecule has 1 fully saturated rings. The first-order chi connectivity index (χ1) is 25.6. The maximum atomic E-state index is 13.6. The molecule has 1 saturated heterocycles. The predicted octanol–water partition coefficient (Wildman–Crippen LogP) is 5.29. The summed E-state index contributed by atoms with van der Waals surface area (Å²) in [5, 5.41) is 2.91. The van der Waals surface area contributed by atoms with Crippen molar-refractivity contribution in [1.29, 1.82) is 0 Å². The maximum Gasteiger partial charge on any atom is 0.414 e. The van der Waals surface area contributed by atoms with Crippen LogP contribution in [0.5, 0.6) is 11.5 Å². The van der Waals surface area contributed by atoms with Crippen molar-refractivity contribution in [1.82, 2.24) is 15.2 Å². The lowest BCUT2D eigenvalue weighted by Crippen LogP contribution is -2.47. The number of benzene rings is 1. The average Bonchev–Trinajstić information content (AvgIpc) is 3.52. The van der Waals surface area contributed by atoms with Crippen LogP contribution in [0.1, 0.15) is 82.4 Å². The Kier molecular flexibility index (Phi) is 17.0. The van der Waals surface area contributed by atoms with E-state index in [-0.39, 0.29) is 42.5 Å². The number of nitrogens with zero attached hydrogens (tertiary/aromatic N) is 2. The first-order valence-corrected chi connectivity index (χ1v) is 18.6. The monoisotopic (exact) mass is 756 g/mol. The lowest BCUT2D eigenvalue weighted by molar-refractivity contribution is -0.130. The minimum absolute atomic E-state index is 0.0679. The van der Waals surface area contributed by atoms with E-state index in [4.69, 9.17) is 34.2 Å². The van der Waals surface area contributed by atoms with Crippen LogP contribution >= 0.6 is 0 Å². The minimum atomic E-state index is -0.927. The van der Waals surface area contributed by atoms with Gasteiger partial charge in [-0.15, -0.1) is 0 Å². The Labute approximate surface area is 319 Å². The summed E-state index contributed by atoms with van der Waals surface area (Å²) in [5.74, 6) is -0.430. The first kappa shape index (κ1) is 44.0. The quantitative estimate of drug-likeness (QED) is 0.0962. The topological polar surface area (TPSA) is 178 Å². The van der Waals surface area contributed by atoms with E-state index in [9.17, 15) is 19.2 Å². The number of hydrogen-bond donors (Lipinski definition) is 2. The van der Waals surface area contributed by atoms with Gasteiger partial charge in [0.05, 0.1) is 42.5 Å². The fourth-order valence-electron chi connectivity index (χ4n) is 6.28. The number of aromatic nitrogens is 1. The van der Waals surface area contributed by atoms with Gasteiger partial charge in [-0.3, -0.25) is 19.5 Å². The van der Waals surface area contributed by atoms with Crippen molar-refractivity contribution in [2.75, 3.05) is 47.5 Å². The Morgan fingerprint density at radius 2 is 1.76 bits per heavy atom. The van der Waals surface area contributed by atoms with Crippen molar-refractivity contribution in [3.8, 4) is 11.5 Å². The van der Waals surface area contributed by atoms with E-state index in [1.807, 2.05) is 32.0 Å². The van der Waals surface area contributed by atoms with Crippen molar-refractivity contribution < 1.29 is 47.6 Å². The highest BCUT2D eigenvalue weighted by Gasteiger charge is 2.43. The number of esters is 1. The molecule has 14 heteroatoms. The highest BCUT2D eigenvalue weighted by molar-refractivity contribution is 5.90. The minimum Gasteiger partial charge on any atom is -0.493 e. The largest absolute Gasteiger partial charge is 0.493 e. The van der Waals surface area contributed by atoms with Crippen molar-refractivity contribution in [2.45, 2.75) is 86.3 Å². The Balaban J connectivity index is 1.85. The van der Waals surface area contributed by atoms with E-state index in [1.54, 1.807) is 53.3 Å². The van der Waals surface area contributed by atoms with Crippen LogP contribution in [-0.4, -0.2) is 93.4 Å². The van der Waals surface area contributed by atoms with Crippen LogP contribution in [0.3, 0.4) is 0 Å². The molecule has 1 aromatic heterocycles. The second-order valence-electron chi connectivity index (χ2n) is 15.1. The SMILES string of the molecule is COCCCOc1cc(CC(CC2C(CC(C(=O)NCC(C)(C)C(N)=O)C(C)C)OCN2C(=O)OCOC(=O)c2cccnc2C)C(C)C)ccc1OC. The van der Waals surface area contributed by atoms with Crippen LogP contribution in [0.25, 0.3) is 0 Å². The van der Waals surface area contributed by atoms with E-state index in [0.717, 1.165) is 12.0 Å². The molecule has 1 aliphatic heterocycles. The van der Waals surface area contributed by atoms with E-state index < -0.39 is 48.2 Å². The maximum absolute atomic E-state index is 13.6. The molecule has 1 aliphatic rings. The van der Waals surface area contributed by atoms with Gasteiger partial charge in [-0.05, 0) is 87.6 Å². The number of hydrogen-bond acceptors (Lipinski definition) is 11. The fourth-order valence-corrected chi connectivity index (χ4v) is 6.28. The fraction of sp³-hybridized carbons (Fsp3) is 0.625. The molecule has 1 aromatic carbocycles. The summed E-state index contributed by atoms with van der Waals surface area (Å²) in [6.45, 7) is 13.7. The second-order valence-corrected chi connectivity index (χ2v) is 15.1. The van der Waals surface area contributed by atoms with Crippen molar-refractivity contribution in [2.24, 2.45) is 34.8 Å². The van der Waals surface area contributed by atoms with Crippen molar-refractivity contribution in [3.05, 3.63) is 53.3 Å². The third-order valence-corrected chi connectivity index (χ3v) is 10.1. The number of carbonyl (C=O) groups excluding carboxylic acids is 4.